The molecule has 0 aliphatic heterocycles. The SMILES string of the molecule is O=C(CN(c1cc(Cl)cc(Cl)c1)S(=O)(=O)c1ccccc1)N/N=C\c1ccco1. The third-order valence-corrected chi connectivity index (χ3v) is 5.90. The van der Waals surface area contributed by atoms with Crippen LogP contribution in [-0.2, 0) is 14.8 Å². The van der Waals surface area contributed by atoms with Crippen LogP contribution in [0.15, 0.2) is 81.3 Å². The first-order chi connectivity index (χ1) is 13.9. The first-order valence-corrected chi connectivity index (χ1v) is 10.4. The maximum absolute atomic E-state index is 13.2. The highest BCUT2D eigenvalue weighted by Gasteiger charge is 2.27. The van der Waals surface area contributed by atoms with E-state index in [1.165, 1.54) is 42.8 Å². The topological polar surface area (TPSA) is 92.0 Å². The molecule has 0 unspecified atom stereocenters. The molecule has 3 rings (SSSR count). The normalized spacial score (nSPS) is 11.5. The van der Waals surface area contributed by atoms with E-state index >= 15 is 0 Å². The number of halogens is 2. The summed E-state index contributed by atoms with van der Waals surface area (Å²) in [7, 11) is -4.07. The van der Waals surface area contributed by atoms with E-state index < -0.39 is 22.5 Å². The van der Waals surface area contributed by atoms with Crippen molar-refractivity contribution in [2.75, 3.05) is 10.8 Å². The quantitative estimate of drug-likeness (QED) is 0.434. The zero-order valence-electron chi connectivity index (χ0n) is 14.8. The van der Waals surface area contributed by atoms with Gasteiger partial charge in [0.05, 0.1) is 23.1 Å². The molecule has 3 aromatic rings. The van der Waals surface area contributed by atoms with Crippen LogP contribution in [-0.4, -0.2) is 27.1 Å². The number of carbonyl (C=O) groups is 1. The predicted molar refractivity (Wildman–Crippen MR) is 112 cm³/mol. The molecule has 1 amide bonds. The molecule has 29 heavy (non-hydrogen) atoms. The van der Waals surface area contributed by atoms with Gasteiger partial charge in [-0.15, -0.1) is 0 Å². The van der Waals surface area contributed by atoms with Gasteiger partial charge in [-0.1, -0.05) is 41.4 Å². The summed E-state index contributed by atoms with van der Waals surface area (Å²) in [4.78, 5) is 12.4. The summed E-state index contributed by atoms with van der Waals surface area (Å²) in [6, 6.07) is 15.3. The van der Waals surface area contributed by atoms with E-state index in [0.717, 1.165) is 4.31 Å². The Morgan fingerprint density at radius 3 is 2.38 bits per heavy atom. The second-order valence-electron chi connectivity index (χ2n) is 5.76. The van der Waals surface area contributed by atoms with Gasteiger partial charge < -0.3 is 4.42 Å². The average Bonchev–Trinajstić information content (AvgIpc) is 3.19. The highest BCUT2D eigenvalue weighted by atomic mass is 35.5. The van der Waals surface area contributed by atoms with Crippen molar-refractivity contribution in [2.45, 2.75) is 4.90 Å². The number of carbonyl (C=O) groups excluding carboxylic acids is 1. The summed E-state index contributed by atoms with van der Waals surface area (Å²) in [6.07, 6.45) is 2.75. The first-order valence-electron chi connectivity index (χ1n) is 8.25. The van der Waals surface area contributed by atoms with Crippen molar-refractivity contribution in [3.63, 3.8) is 0 Å². The standard InChI is InChI=1S/C19H15Cl2N3O4S/c20-14-9-15(21)11-16(10-14)24(29(26,27)18-6-2-1-3-7-18)13-19(25)23-22-12-17-5-4-8-28-17/h1-12H,13H2,(H,23,25)/b22-12-. The smallest absolute Gasteiger partial charge is 0.264 e. The Morgan fingerprint density at radius 1 is 1.07 bits per heavy atom. The number of amides is 1. The number of hydrogen-bond donors (Lipinski definition) is 1. The van der Waals surface area contributed by atoms with Gasteiger partial charge in [0.15, 0.2) is 0 Å². The van der Waals surface area contributed by atoms with Crippen LogP contribution in [0, 0.1) is 0 Å². The Balaban J connectivity index is 1.89. The van der Waals surface area contributed by atoms with Gasteiger partial charge in [0.25, 0.3) is 15.9 Å². The maximum atomic E-state index is 13.2. The van der Waals surface area contributed by atoms with Crippen molar-refractivity contribution < 1.29 is 17.6 Å². The molecular weight excluding hydrogens is 437 g/mol. The monoisotopic (exact) mass is 451 g/mol. The lowest BCUT2D eigenvalue weighted by atomic mass is 10.3. The lowest BCUT2D eigenvalue weighted by Crippen LogP contribution is -2.39. The highest BCUT2D eigenvalue weighted by molar-refractivity contribution is 7.92. The molecule has 0 saturated carbocycles. The van der Waals surface area contributed by atoms with Gasteiger partial charge >= 0.3 is 0 Å². The number of hydrogen-bond acceptors (Lipinski definition) is 5. The number of sulfonamides is 1. The summed E-state index contributed by atoms with van der Waals surface area (Å²) in [6.45, 7) is -0.538. The largest absolute Gasteiger partial charge is 0.463 e. The van der Waals surface area contributed by atoms with Crippen LogP contribution in [0.4, 0.5) is 5.69 Å². The van der Waals surface area contributed by atoms with Crippen LogP contribution >= 0.6 is 23.2 Å². The highest BCUT2D eigenvalue weighted by Crippen LogP contribution is 2.29. The molecule has 1 N–H and O–H groups in total. The van der Waals surface area contributed by atoms with Gasteiger partial charge in [-0.2, -0.15) is 5.10 Å². The van der Waals surface area contributed by atoms with Crippen molar-refractivity contribution in [1.82, 2.24) is 5.43 Å². The van der Waals surface area contributed by atoms with Gasteiger partial charge in [-0.25, -0.2) is 13.8 Å². The van der Waals surface area contributed by atoms with Crippen LogP contribution in [0.25, 0.3) is 0 Å². The number of furan rings is 1. The van der Waals surface area contributed by atoms with Crippen molar-refractivity contribution in [3.8, 4) is 0 Å². The van der Waals surface area contributed by atoms with Crippen LogP contribution in [0.1, 0.15) is 5.76 Å². The summed E-state index contributed by atoms with van der Waals surface area (Å²) in [5.41, 5.74) is 2.42. The van der Waals surface area contributed by atoms with E-state index in [-0.39, 0.29) is 20.6 Å². The molecule has 0 fully saturated rings. The minimum absolute atomic E-state index is 0.0167. The maximum Gasteiger partial charge on any atom is 0.264 e. The van der Waals surface area contributed by atoms with Crippen LogP contribution in [0.3, 0.4) is 0 Å². The summed E-state index contributed by atoms with van der Waals surface area (Å²) in [5.74, 6) is -0.232. The van der Waals surface area contributed by atoms with Crippen molar-refractivity contribution in [3.05, 3.63) is 82.7 Å². The van der Waals surface area contributed by atoms with E-state index in [2.05, 4.69) is 10.5 Å². The molecule has 10 heteroatoms. The lowest BCUT2D eigenvalue weighted by molar-refractivity contribution is -0.119. The number of nitrogens with zero attached hydrogens (tertiary/aromatic N) is 2. The van der Waals surface area contributed by atoms with E-state index in [9.17, 15) is 13.2 Å². The Labute approximate surface area is 177 Å². The molecular formula is C19H15Cl2N3O4S. The molecule has 0 spiro atoms. The fraction of sp³-hybridized carbons (Fsp3) is 0.0526. The molecule has 0 aliphatic carbocycles. The van der Waals surface area contributed by atoms with Gasteiger partial charge in [0.1, 0.15) is 12.3 Å². The molecule has 0 bridgehead atoms. The zero-order chi connectivity index (χ0) is 20.9. The molecule has 150 valence electrons. The molecule has 0 saturated heterocycles. The molecule has 0 atom stereocenters. The van der Waals surface area contributed by atoms with Gasteiger partial charge in [-0.3, -0.25) is 9.10 Å². The molecule has 0 radical (unpaired) electrons. The third kappa shape index (κ3) is 5.38. The van der Waals surface area contributed by atoms with Crippen molar-refractivity contribution >= 4 is 51.0 Å². The van der Waals surface area contributed by atoms with Gasteiger partial charge in [0, 0.05) is 10.0 Å². The Hall–Kier alpha value is -2.81. The fourth-order valence-electron chi connectivity index (χ4n) is 2.42. The Morgan fingerprint density at radius 2 is 1.76 bits per heavy atom. The number of rotatable bonds is 7. The minimum atomic E-state index is -4.07. The van der Waals surface area contributed by atoms with Crippen LogP contribution in [0.5, 0.6) is 0 Å². The first kappa shape index (κ1) is 20.9. The van der Waals surface area contributed by atoms with Gasteiger partial charge in [-0.05, 0) is 42.5 Å². The summed E-state index contributed by atoms with van der Waals surface area (Å²) < 4.78 is 32.3. The van der Waals surface area contributed by atoms with Crippen LogP contribution < -0.4 is 9.73 Å². The van der Waals surface area contributed by atoms with E-state index in [1.54, 1.807) is 30.3 Å². The summed E-state index contributed by atoms with van der Waals surface area (Å²) in [5, 5.41) is 4.23. The van der Waals surface area contributed by atoms with Crippen LogP contribution in [0.2, 0.25) is 10.0 Å². The zero-order valence-corrected chi connectivity index (χ0v) is 17.2. The second-order valence-corrected chi connectivity index (χ2v) is 8.50. The molecule has 1 aromatic heterocycles. The Bertz CT molecular complexity index is 1100. The Kier molecular flexibility index (Phi) is 6.58. The predicted octanol–water partition coefficient (Wildman–Crippen LogP) is 3.93. The fourth-order valence-corrected chi connectivity index (χ4v) is 4.36. The average molecular weight is 452 g/mol. The summed E-state index contributed by atoms with van der Waals surface area (Å²) >= 11 is 12.1. The number of hydrazone groups is 1. The van der Waals surface area contributed by atoms with Gasteiger partial charge in [0.2, 0.25) is 0 Å². The second kappa shape index (κ2) is 9.13. The molecule has 0 aliphatic rings. The lowest BCUT2D eigenvalue weighted by Gasteiger charge is -2.24. The number of anilines is 1. The van der Waals surface area contributed by atoms with E-state index in [0.29, 0.717) is 5.76 Å². The van der Waals surface area contributed by atoms with Crippen molar-refractivity contribution in [1.29, 1.82) is 0 Å². The molecule has 7 nitrogen and oxygen atoms in total. The number of benzene rings is 2. The van der Waals surface area contributed by atoms with Crippen molar-refractivity contribution in [2.24, 2.45) is 5.10 Å². The third-order valence-electron chi connectivity index (χ3n) is 3.68. The van der Waals surface area contributed by atoms with E-state index in [1.807, 2.05) is 0 Å². The van der Waals surface area contributed by atoms with E-state index in [4.69, 9.17) is 27.6 Å². The number of nitrogens with one attached hydrogen (secondary N) is 1. The molecule has 2 aromatic carbocycles. The minimum Gasteiger partial charge on any atom is -0.463 e. The molecule has 1 heterocycles.